The van der Waals surface area contributed by atoms with E-state index in [0.717, 1.165) is 12.8 Å². The number of benzene rings is 1. The third-order valence-electron chi connectivity index (χ3n) is 7.10. The second-order valence-electron chi connectivity index (χ2n) is 9.65. The number of nitrogens with one attached hydrogen (secondary N) is 2. The average molecular weight is 516 g/mol. The van der Waals surface area contributed by atoms with Gasteiger partial charge in [-0.3, -0.25) is 19.1 Å². The van der Waals surface area contributed by atoms with Crippen molar-refractivity contribution in [3.8, 4) is 5.75 Å². The second-order valence-corrected chi connectivity index (χ2v) is 10.1. The van der Waals surface area contributed by atoms with E-state index < -0.39 is 5.41 Å². The van der Waals surface area contributed by atoms with Crippen LogP contribution in [0.4, 0.5) is 0 Å². The van der Waals surface area contributed by atoms with Gasteiger partial charge in [0.1, 0.15) is 12.4 Å². The van der Waals surface area contributed by atoms with Crippen molar-refractivity contribution in [1.82, 2.24) is 25.3 Å². The standard InChI is InChI=1S/C26H34ClN5O4/c1-3-32-16-20(27)22(30-32)24(34)31-14-11-26(12-15-31)10-6-7-13-28-23(33)19-8-4-5-9-21(19)36-17-18(2)29-25(26)35/h4-5,8-9,16,18H,3,6-7,10-15,17H2,1-2H3,(H,28,33)(H,29,35)/t18-/m1/s1. The highest BCUT2D eigenvalue weighted by atomic mass is 35.5. The molecule has 1 aromatic heterocycles. The van der Waals surface area contributed by atoms with Gasteiger partial charge in [0.05, 0.1) is 22.0 Å². The van der Waals surface area contributed by atoms with Crippen LogP contribution in [0.2, 0.25) is 5.02 Å². The normalized spacial score (nSPS) is 21.1. The molecule has 1 spiro atoms. The summed E-state index contributed by atoms with van der Waals surface area (Å²) < 4.78 is 7.55. The number of hydrogen-bond donors (Lipinski definition) is 2. The maximum absolute atomic E-state index is 13.5. The summed E-state index contributed by atoms with van der Waals surface area (Å²) in [6.07, 6.45) is 5.00. The van der Waals surface area contributed by atoms with E-state index in [1.807, 2.05) is 19.9 Å². The average Bonchev–Trinajstić information content (AvgIpc) is 3.27. The number of aryl methyl sites for hydroxylation is 1. The van der Waals surface area contributed by atoms with Gasteiger partial charge >= 0.3 is 0 Å². The Bertz CT molecular complexity index is 1110. The van der Waals surface area contributed by atoms with Gasteiger partial charge in [-0.1, -0.05) is 30.2 Å². The van der Waals surface area contributed by atoms with E-state index in [0.29, 0.717) is 61.8 Å². The molecule has 0 radical (unpaired) electrons. The summed E-state index contributed by atoms with van der Waals surface area (Å²) in [7, 11) is 0. The molecule has 194 valence electrons. The number of para-hydroxylation sites is 1. The lowest BCUT2D eigenvalue weighted by Gasteiger charge is -2.41. The second kappa shape index (κ2) is 11.3. The highest BCUT2D eigenvalue weighted by molar-refractivity contribution is 6.33. The van der Waals surface area contributed by atoms with Crippen LogP contribution in [0, 0.1) is 5.41 Å². The molecule has 3 heterocycles. The quantitative estimate of drug-likeness (QED) is 0.638. The molecule has 2 aromatic rings. The van der Waals surface area contributed by atoms with Crippen molar-refractivity contribution in [2.75, 3.05) is 26.2 Å². The maximum atomic E-state index is 13.5. The van der Waals surface area contributed by atoms with Crippen molar-refractivity contribution in [2.24, 2.45) is 5.41 Å². The van der Waals surface area contributed by atoms with E-state index in [1.54, 1.807) is 34.0 Å². The van der Waals surface area contributed by atoms with Crippen LogP contribution >= 0.6 is 11.6 Å². The first-order valence-electron chi connectivity index (χ1n) is 12.7. The summed E-state index contributed by atoms with van der Waals surface area (Å²) in [5, 5.41) is 10.7. The lowest BCUT2D eigenvalue weighted by Crippen LogP contribution is -2.52. The van der Waals surface area contributed by atoms with Crippen molar-refractivity contribution in [2.45, 2.75) is 58.5 Å². The van der Waals surface area contributed by atoms with Gasteiger partial charge in [0.25, 0.3) is 11.8 Å². The van der Waals surface area contributed by atoms with Crippen LogP contribution in [0.3, 0.4) is 0 Å². The van der Waals surface area contributed by atoms with Crippen LogP contribution in [0.25, 0.3) is 0 Å². The summed E-state index contributed by atoms with van der Waals surface area (Å²) in [4.78, 5) is 41.0. The number of hydrogen-bond acceptors (Lipinski definition) is 5. The van der Waals surface area contributed by atoms with Crippen LogP contribution in [0.5, 0.6) is 5.75 Å². The minimum Gasteiger partial charge on any atom is -0.491 e. The fourth-order valence-electron chi connectivity index (χ4n) is 4.88. The fourth-order valence-corrected chi connectivity index (χ4v) is 5.11. The van der Waals surface area contributed by atoms with E-state index in [4.69, 9.17) is 16.3 Å². The molecule has 0 bridgehead atoms. The van der Waals surface area contributed by atoms with E-state index in [1.165, 1.54) is 0 Å². The molecule has 10 heteroatoms. The number of aromatic nitrogens is 2. The molecule has 1 fully saturated rings. The Morgan fingerprint density at radius 2 is 1.94 bits per heavy atom. The van der Waals surface area contributed by atoms with Gasteiger partial charge in [0.15, 0.2) is 5.69 Å². The third-order valence-corrected chi connectivity index (χ3v) is 7.38. The Morgan fingerprint density at radius 1 is 1.19 bits per heavy atom. The molecule has 0 aliphatic carbocycles. The summed E-state index contributed by atoms with van der Waals surface area (Å²) in [5.41, 5.74) is 0.168. The summed E-state index contributed by atoms with van der Waals surface area (Å²) >= 11 is 6.25. The first kappa shape index (κ1) is 26.0. The Labute approximate surface area is 216 Å². The van der Waals surface area contributed by atoms with Crippen molar-refractivity contribution >= 4 is 29.3 Å². The van der Waals surface area contributed by atoms with Crippen LogP contribution in [0.1, 0.15) is 66.8 Å². The van der Waals surface area contributed by atoms with E-state index in [-0.39, 0.29) is 36.1 Å². The van der Waals surface area contributed by atoms with Gasteiger partial charge in [-0.25, -0.2) is 0 Å². The molecule has 0 saturated carbocycles. The highest BCUT2D eigenvalue weighted by Crippen LogP contribution is 2.38. The molecule has 36 heavy (non-hydrogen) atoms. The number of fused-ring (bicyclic) bond motifs is 1. The number of likely N-dealkylation sites (tertiary alicyclic amines) is 1. The molecule has 0 unspecified atom stereocenters. The Morgan fingerprint density at radius 3 is 2.67 bits per heavy atom. The number of carbonyl (C=O) groups excluding carboxylic acids is 3. The summed E-state index contributed by atoms with van der Waals surface area (Å²) in [5.74, 6) is 0.129. The highest BCUT2D eigenvalue weighted by Gasteiger charge is 2.42. The molecule has 4 rings (SSSR count). The molecule has 1 saturated heterocycles. The van der Waals surface area contributed by atoms with Gasteiger partial charge < -0.3 is 20.3 Å². The number of halogens is 1. The zero-order valence-electron chi connectivity index (χ0n) is 20.9. The predicted molar refractivity (Wildman–Crippen MR) is 136 cm³/mol. The van der Waals surface area contributed by atoms with Gasteiger partial charge in [-0.05, 0) is 51.7 Å². The molecular formula is C26H34ClN5O4. The van der Waals surface area contributed by atoms with Crippen LogP contribution in [-0.2, 0) is 11.3 Å². The molecule has 1 atom stereocenters. The van der Waals surface area contributed by atoms with Crippen molar-refractivity contribution < 1.29 is 19.1 Å². The van der Waals surface area contributed by atoms with Gasteiger partial charge in [0, 0.05) is 32.4 Å². The molecule has 2 N–H and O–H groups in total. The van der Waals surface area contributed by atoms with Gasteiger partial charge in [-0.15, -0.1) is 0 Å². The Balaban J connectivity index is 1.45. The van der Waals surface area contributed by atoms with Crippen LogP contribution in [-0.4, -0.2) is 64.7 Å². The third kappa shape index (κ3) is 5.67. The molecule has 2 aliphatic heterocycles. The monoisotopic (exact) mass is 515 g/mol. The summed E-state index contributed by atoms with van der Waals surface area (Å²) in [6, 6.07) is 6.89. The largest absolute Gasteiger partial charge is 0.491 e. The van der Waals surface area contributed by atoms with E-state index in [2.05, 4.69) is 15.7 Å². The van der Waals surface area contributed by atoms with Crippen molar-refractivity contribution in [1.29, 1.82) is 0 Å². The van der Waals surface area contributed by atoms with Crippen LogP contribution < -0.4 is 15.4 Å². The van der Waals surface area contributed by atoms with Gasteiger partial charge in [-0.2, -0.15) is 5.10 Å². The number of nitrogens with zero attached hydrogens (tertiary/aromatic N) is 3. The Kier molecular flexibility index (Phi) is 8.18. The molecule has 9 nitrogen and oxygen atoms in total. The Hall–Kier alpha value is -3.07. The molecular weight excluding hydrogens is 482 g/mol. The molecule has 3 amide bonds. The lowest BCUT2D eigenvalue weighted by atomic mass is 9.73. The smallest absolute Gasteiger partial charge is 0.275 e. The zero-order chi connectivity index (χ0) is 25.7. The number of piperidine rings is 1. The van der Waals surface area contributed by atoms with Gasteiger partial charge in [0.2, 0.25) is 5.91 Å². The van der Waals surface area contributed by atoms with Crippen LogP contribution in [0.15, 0.2) is 30.5 Å². The maximum Gasteiger partial charge on any atom is 0.275 e. The number of ether oxygens (including phenoxy) is 1. The van der Waals surface area contributed by atoms with E-state index >= 15 is 0 Å². The fraction of sp³-hybridized carbons (Fsp3) is 0.538. The number of amides is 3. The first-order valence-corrected chi connectivity index (χ1v) is 13.0. The number of carbonyl (C=O) groups is 3. The topological polar surface area (TPSA) is 106 Å². The SMILES string of the molecule is CCn1cc(Cl)c(C(=O)N2CCC3(CCCCNC(=O)c4ccccc4OC[C@@H](C)NC3=O)CC2)n1. The predicted octanol–water partition coefficient (Wildman–Crippen LogP) is 3.28. The first-order chi connectivity index (χ1) is 17.3. The van der Waals surface area contributed by atoms with Crippen molar-refractivity contribution in [3.63, 3.8) is 0 Å². The molecule has 1 aromatic carbocycles. The number of rotatable bonds is 2. The lowest BCUT2D eigenvalue weighted by molar-refractivity contribution is -0.135. The van der Waals surface area contributed by atoms with E-state index in [9.17, 15) is 14.4 Å². The zero-order valence-corrected chi connectivity index (χ0v) is 21.6. The molecule has 2 aliphatic rings. The van der Waals surface area contributed by atoms with Crippen molar-refractivity contribution in [3.05, 3.63) is 46.7 Å². The summed E-state index contributed by atoms with van der Waals surface area (Å²) in [6.45, 7) is 6.13. The minimum atomic E-state index is -0.580. The minimum absolute atomic E-state index is 0.00614.